The Kier molecular flexibility index (Phi) is 6.19. The van der Waals surface area contributed by atoms with Crippen LogP contribution < -0.4 is 5.32 Å². The van der Waals surface area contributed by atoms with Gasteiger partial charge in [0.05, 0.1) is 0 Å². The molecule has 56 valence electrons. The van der Waals surface area contributed by atoms with Gasteiger partial charge < -0.3 is 0 Å². The molecule has 0 unspecified atom stereocenters. The Labute approximate surface area is 59.7 Å². The van der Waals surface area contributed by atoms with Crippen molar-refractivity contribution < 1.29 is 14.5 Å². The molecule has 0 amide bonds. The Morgan fingerprint density at radius 2 is 2.40 bits per heavy atom. The maximum absolute atomic E-state index is 9.92. The molecule has 0 aliphatic heterocycles. The minimum absolute atomic E-state index is 0.129. The number of rotatable bonds is 4. The first-order valence-corrected chi connectivity index (χ1v) is 3.60. The van der Waals surface area contributed by atoms with Crippen molar-refractivity contribution in [2.75, 3.05) is 6.54 Å². The first-order valence-electron chi connectivity index (χ1n) is 2.79. The zero-order valence-corrected chi connectivity index (χ0v) is 6.23. The Morgan fingerprint density at radius 3 is 2.90 bits per heavy atom. The Bertz CT molecular complexity index is 196. The van der Waals surface area contributed by atoms with Gasteiger partial charge in [-0.3, -0.25) is 0 Å². The third-order valence-corrected chi connectivity index (χ3v) is 1.07. The van der Waals surface area contributed by atoms with Gasteiger partial charge in [0.15, 0.2) is 0 Å². The summed E-state index contributed by atoms with van der Waals surface area (Å²) in [6.45, 7) is 0.502. The van der Waals surface area contributed by atoms with E-state index in [9.17, 15) is 9.36 Å². The summed E-state index contributed by atoms with van der Waals surface area (Å²) in [6, 6.07) is 0. The Morgan fingerprint density at radius 1 is 1.70 bits per heavy atom. The topological polar surface area (TPSA) is 66.4 Å². The van der Waals surface area contributed by atoms with E-state index in [4.69, 9.17) is 5.11 Å². The molecule has 0 aromatic carbocycles. The maximum atomic E-state index is 9.92. The average Bonchev–Trinajstić information content (AvgIpc) is 1.87. The Balaban J connectivity index is 3.10. The van der Waals surface area contributed by atoms with Crippen molar-refractivity contribution >= 4 is 13.9 Å². The van der Waals surface area contributed by atoms with E-state index in [0.29, 0.717) is 13.0 Å². The molecule has 0 fully saturated rings. The van der Waals surface area contributed by atoms with Crippen LogP contribution in [0.4, 0.5) is 0 Å². The normalized spacial score (nSPS) is 8.40. The fraction of sp³-hybridized carbons (Fsp3) is 0.600. The summed E-state index contributed by atoms with van der Waals surface area (Å²) in [4.78, 5) is 9.92. The van der Waals surface area contributed by atoms with Gasteiger partial charge >= 0.3 is 58.8 Å². The van der Waals surface area contributed by atoms with Crippen molar-refractivity contribution in [1.29, 1.82) is 0 Å². The quantitative estimate of drug-likeness (QED) is 0.361. The van der Waals surface area contributed by atoms with Gasteiger partial charge in [0.2, 0.25) is 0 Å². The minimum atomic E-state index is -0.818. The number of aliphatic carboxylic acids is 1. The molecule has 0 atom stereocenters. The molecule has 0 rings (SSSR count). The van der Waals surface area contributed by atoms with Crippen molar-refractivity contribution in [3.05, 3.63) is 0 Å². The fourth-order valence-corrected chi connectivity index (χ4v) is 0.593. The number of carbonyl (C=O) groups is 1. The molecule has 0 heterocycles. The van der Waals surface area contributed by atoms with Crippen LogP contribution in [0.25, 0.3) is 0 Å². The second-order valence-corrected chi connectivity index (χ2v) is 2.03. The molecule has 0 saturated carbocycles. The van der Waals surface area contributed by atoms with Gasteiger partial charge in [0.1, 0.15) is 0 Å². The molecule has 0 aliphatic rings. The molecule has 5 heteroatoms. The van der Waals surface area contributed by atoms with E-state index in [-0.39, 0.29) is 14.3 Å². The first kappa shape index (κ1) is 9.44. The van der Waals surface area contributed by atoms with Crippen LogP contribution in [0.15, 0.2) is 0 Å². The van der Waals surface area contributed by atoms with E-state index in [1.165, 1.54) is 0 Å². The molecule has 0 aromatic rings. The first-order chi connectivity index (χ1) is 4.77. The predicted octanol–water partition coefficient (Wildman–Crippen LogP) is 0.649. The van der Waals surface area contributed by atoms with Gasteiger partial charge in [0.25, 0.3) is 0 Å². The summed E-state index contributed by atoms with van der Waals surface area (Å²) in [6.07, 6.45) is 0.655. The zero-order valence-electron chi connectivity index (χ0n) is 5.33. The standard InChI is InChI=1S/C5H8NO3P/c7-5(8)2-1-3-6-4-10-9/h6H,1-3H2,(H,7,8). The fourth-order valence-electron chi connectivity index (χ4n) is 0.416. The third-order valence-electron chi connectivity index (χ3n) is 0.817. The molecule has 4 nitrogen and oxygen atoms in total. The molecule has 0 bridgehead atoms. The van der Waals surface area contributed by atoms with E-state index in [2.05, 4.69) is 11.1 Å². The Hall–Kier alpha value is -0.560. The second kappa shape index (κ2) is 6.56. The second-order valence-electron chi connectivity index (χ2n) is 1.63. The summed E-state index contributed by atoms with van der Waals surface area (Å²) in [5.74, 6) is 1.48. The summed E-state index contributed by atoms with van der Waals surface area (Å²) >= 11 is 0. The summed E-state index contributed by atoms with van der Waals surface area (Å²) < 4.78 is 9.71. The van der Waals surface area contributed by atoms with Crippen molar-refractivity contribution in [2.45, 2.75) is 12.8 Å². The van der Waals surface area contributed by atoms with Crippen molar-refractivity contribution in [1.82, 2.24) is 5.32 Å². The van der Waals surface area contributed by atoms with Crippen LogP contribution in [0.1, 0.15) is 12.8 Å². The molecule has 0 saturated heterocycles. The van der Waals surface area contributed by atoms with Crippen LogP contribution in [0.2, 0.25) is 0 Å². The summed E-state index contributed by atoms with van der Waals surface area (Å²) in [5.41, 5.74) is 0. The van der Waals surface area contributed by atoms with E-state index >= 15 is 0 Å². The van der Waals surface area contributed by atoms with Gasteiger partial charge in [-0.25, -0.2) is 0 Å². The van der Waals surface area contributed by atoms with Gasteiger partial charge in [-0.2, -0.15) is 0 Å². The van der Waals surface area contributed by atoms with E-state index in [0.717, 1.165) is 0 Å². The summed E-state index contributed by atoms with van der Waals surface area (Å²) in [7, 11) is -0.197. The molecular weight excluding hydrogens is 153 g/mol. The van der Waals surface area contributed by atoms with Crippen LogP contribution in [-0.4, -0.2) is 17.6 Å². The molecular formula is C5H8NO3P. The van der Waals surface area contributed by atoms with Crippen molar-refractivity contribution in [2.24, 2.45) is 0 Å². The predicted molar refractivity (Wildman–Crippen MR) is 36.4 cm³/mol. The van der Waals surface area contributed by atoms with Crippen LogP contribution in [-0.2, 0) is 9.36 Å². The number of hydrogen-bond donors (Lipinski definition) is 2. The monoisotopic (exact) mass is 161 g/mol. The number of nitrogens with one attached hydrogen (secondary N) is 1. The number of carboxylic acid groups (broad SMARTS) is 1. The molecule has 0 aliphatic carbocycles. The summed E-state index contributed by atoms with van der Waals surface area (Å²) in [5, 5.41) is 10.7. The number of hydrogen-bond acceptors (Lipinski definition) is 3. The van der Waals surface area contributed by atoms with Crippen LogP contribution in [0.5, 0.6) is 0 Å². The SMILES string of the molecule is O=P#CNCCCC(=O)O. The average molecular weight is 161 g/mol. The van der Waals surface area contributed by atoms with Crippen molar-refractivity contribution in [3.63, 3.8) is 0 Å². The molecule has 0 spiro atoms. The van der Waals surface area contributed by atoms with E-state index < -0.39 is 5.97 Å². The van der Waals surface area contributed by atoms with Gasteiger partial charge in [-0.1, -0.05) is 0 Å². The molecule has 0 radical (unpaired) electrons. The van der Waals surface area contributed by atoms with Crippen LogP contribution >= 0.6 is 7.92 Å². The molecule has 0 aromatic heterocycles. The third kappa shape index (κ3) is 7.44. The van der Waals surface area contributed by atoms with Gasteiger partial charge in [-0.15, -0.1) is 0 Å². The van der Waals surface area contributed by atoms with E-state index in [1.54, 1.807) is 0 Å². The van der Waals surface area contributed by atoms with Gasteiger partial charge in [-0.05, 0) is 0 Å². The molecule has 10 heavy (non-hydrogen) atoms. The van der Waals surface area contributed by atoms with E-state index in [1.807, 2.05) is 0 Å². The number of carboxylic acids is 1. The van der Waals surface area contributed by atoms with Gasteiger partial charge in [0, 0.05) is 0 Å². The molecule has 2 N–H and O–H groups in total. The zero-order chi connectivity index (χ0) is 7.82. The van der Waals surface area contributed by atoms with Crippen LogP contribution in [0.3, 0.4) is 0 Å². The van der Waals surface area contributed by atoms with Crippen molar-refractivity contribution in [3.8, 4) is 5.75 Å². The van der Waals surface area contributed by atoms with Crippen LogP contribution in [0, 0.1) is 5.75 Å².